The second kappa shape index (κ2) is 5.96. The Morgan fingerprint density at radius 3 is 2.60 bits per heavy atom. The number of thioether (sulfide) groups is 1. The summed E-state index contributed by atoms with van der Waals surface area (Å²) < 4.78 is 0. The number of amides is 2. The van der Waals surface area contributed by atoms with Crippen LogP contribution in [-0.2, 0) is 9.59 Å². The molecule has 4 nitrogen and oxygen atoms in total. The first-order chi connectivity index (χ1) is 9.43. The van der Waals surface area contributed by atoms with Gasteiger partial charge in [0, 0.05) is 6.54 Å². The van der Waals surface area contributed by atoms with Crippen molar-refractivity contribution >= 4 is 23.6 Å². The predicted octanol–water partition coefficient (Wildman–Crippen LogP) is 1.89. The van der Waals surface area contributed by atoms with Crippen LogP contribution in [0, 0.1) is 11.8 Å². The third kappa shape index (κ3) is 2.83. The zero-order valence-corrected chi connectivity index (χ0v) is 13.8. The molecule has 0 aromatic heterocycles. The van der Waals surface area contributed by atoms with Gasteiger partial charge in [-0.05, 0) is 50.0 Å². The van der Waals surface area contributed by atoms with Crippen molar-refractivity contribution < 1.29 is 9.59 Å². The fourth-order valence-electron chi connectivity index (χ4n) is 3.20. The van der Waals surface area contributed by atoms with Crippen LogP contribution in [0.2, 0.25) is 0 Å². The molecule has 2 aliphatic rings. The number of rotatable bonds is 6. The number of nitrogens with zero attached hydrogens (tertiary/aromatic N) is 1. The maximum atomic E-state index is 12.9. The second-order valence-electron chi connectivity index (χ2n) is 6.41. The topological polar surface area (TPSA) is 49.4 Å². The van der Waals surface area contributed by atoms with Crippen LogP contribution in [0.3, 0.4) is 0 Å². The molecule has 5 heteroatoms. The molecule has 1 saturated carbocycles. The van der Waals surface area contributed by atoms with Crippen molar-refractivity contribution in [1.29, 1.82) is 0 Å². The molecule has 0 bridgehead atoms. The highest BCUT2D eigenvalue weighted by molar-refractivity contribution is 7.98. The summed E-state index contributed by atoms with van der Waals surface area (Å²) in [4.78, 5) is 27.1. The van der Waals surface area contributed by atoms with E-state index in [0.717, 1.165) is 18.6 Å². The lowest BCUT2D eigenvalue weighted by Crippen LogP contribution is -2.70. The summed E-state index contributed by atoms with van der Waals surface area (Å²) in [5, 5.41) is 3.01. The highest BCUT2D eigenvalue weighted by atomic mass is 32.2. The lowest BCUT2D eigenvalue weighted by molar-refractivity contribution is -0.156. The van der Waals surface area contributed by atoms with Crippen LogP contribution in [-0.4, -0.2) is 46.8 Å². The summed E-state index contributed by atoms with van der Waals surface area (Å²) in [5.74, 6) is 1.91. The number of carbonyl (C=O) groups excluding carboxylic acids is 2. The molecule has 1 heterocycles. The van der Waals surface area contributed by atoms with Crippen LogP contribution in [0.15, 0.2) is 0 Å². The van der Waals surface area contributed by atoms with Gasteiger partial charge in [-0.3, -0.25) is 9.59 Å². The van der Waals surface area contributed by atoms with E-state index in [2.05, 4.69) is 18.5 Å². The van der Waals surface area contributed by atoms with Gasteiger partial charge in [-0.1, -0.05) is 13.8 Å². The number of piperazine rings is 1. The number of carbonyl (C=O) groups is 2. The Morgan fingerprint density at radius 2 is 2.10 bits per heavy atom. The molecular weight excluding hydrogens is 272 g/mol. The average molecular weight is 298 g/mol. The highest BCUT2D eigenvalue weighted by Gasteiger charge is 2.54. The van der Waals surface area contributed by atoms with Gasteiger partial charge in [0.1, 0.15) is 11.6 Å². The zero-order chi connectivity index (χ0) is 14.9. The molecule has 20 heavy (non-hydrogen) atoms. The summed E-state index contributed by atoms with van der Waals surface area (Å²) in [6.45, 7) is 6.72. The van der Waals surface area contributed by atoms with Crippen molar-refractivity contribution in [1.82, 2.24) is 10.2 Å². The zero-order valence-electron chi connectivity index (χ0n) is 12.9. The van der Waals surface area contributed by atoms with E-state index in [1.165, 1.54) is 0 Å². The first-order valence-corrected chi connectivity index (χ1v) is 8.95. The summed E-state index contributed by atoms with van der Waals surface area (Å²) in [6.07, 6.45) is 4.86. The van der Waals surface area contributed by atoms with Gasteiger partial charge in [-0.25, -0.2) is 0 Å². The molecule has 1 N–H and O–H groups in total. The lowest BCUT2D eigenvalue weighted by atomic mass is 9.88. The van der Waals surface area contributed by atoms with E-state index < -0.39 is 5.54 Å². The molecule has 0 radical (unpaired) electrons. The van der Waals surface area contributed by atoms with Crippen LogP contribution in [0.25, 0.3) is 0 Å². The standard InChI is InChI=1S/C15H26N2O2S/c1-5-12-13(18)16-15(3,11-6-7-11)14(19)17(12)8-10(2)9-20-4/h10-12H,5-9H2,1-4H3,(H,16,18). The smallest absolute Gasteiger partial charge is 0.249 e. The molecular formula is C15H26N2O2S. The minimum atomic E-state index is -0.665. The van der Waals surface area contributed by atoms with Gasteiger partial charge >= 0.3 is 0 Å². The van der Waals surface area contributed by atoms with Crippen molar-refractivity contribution in [3.63, 3.8) is 0 Å². The van der Waals surface area contributed by atoms with E-state index in [0.29, 0.717) is 24.8 Å². The molecule has 2 fully saturated rings. The Balaban J connectivity index is 2.18. The van der Waals surface area contributed by atoms with Crippen LogP contribution in [0.4, 0.5) is 0 Å². The van der Waals surface area contributed by atoms with Crippen LogP contribution < -0.4 is 5.32 Å². The van der Waals surface area contributed by atoms with Gasteiger partial charge in [0.2, 0.25) is 11.8 Å². The molecule has 0 aromatic carbocycles. The molecule has 1 aliphatic heterocycles. The van der Waals surface area contributed by atoms with Crippen LogP contribution in [0.5, 0.6) is 0 Å². The van der Waals surface area contributed by atoms with Crippen LogP contribution >= 0.6 is 11.8 Å². The van der Waals surface area contributed by atoms with E-state index in [1.807, 2.05) is 18.7 Å². The Hall–Kier alpha value is -0.710. The number of hydrogen-bond acceptors (Lipinski definition) is 3. The molecule has 1 aliphatic carbocycles. The van der Waals surface area contributed by atoms with Crippen LogP contribution in [0.1, 0.15) is 40.0 Å². The summed E-state index contributed by atoms with van der Waals surface area (Å²) in [7, 11) is 0. The average Bonchev–Trinajstić information content (AvgIpc) is 3.20. The summed E-state index contributed by atoms with van der Waals surface area (Å²) in [5.41, 5.74) is -0.665. The number of hydrogen-bond donors (Lipinski definition) is 1. The minimum absolute atomic E-state index is 0.0258. The first kappa shape index (κ1) is 15.7. The molecule has 1 saturated heterocycles. The SMILES string of the molecule is CCC1C(=O)NC(C)(C2CC2)C(=O)N1CC(C)CSC. The van der Waals surface area contributed by atoms with Gasteiger partial charge in [0.15, 0.2) is 0 Å². The first-order valence-electron chi connectivity index (χ1n) is 7.56. The van der Waals surface area contributed by atoms with Crippen molar-refractivity contribution in [3.05, 3.63) is 0 Å². The molecule has 3 atom stereocenters. The molecule has 3 unspecified atom stereocenters. The Labute approximate surface area is 126 Å². The van der Waals surface area contributed by atoms with Gasteiger partial charge in [0.05, 0.1) is 0 Å². The van der Waals surface area contributed by atoms with E-state index in [9.17, 15) is 9.59 Å². The van der Waals surface area contributed by atoms with Crippen molar-refractivity contribution in [2.75, 3.05) is 18.6 Å². The lowest BCUT2D eigenvalue weighted by Gasteiger charge is -2.45. The van der Waals surface area contributed by atoms with E-state index in [1.54, 1.807) is 11.8 Å². The minimum Gasteiger partial charge on any atom is -0.340 e. The van der Waals surface area contributed by atoms with Crippen molar-refractivity contribution in [3.8, 4) is 0 Å². The fraction of sp³-hybridized carbons (Fsp3) is 0.867. The molecule has 2 amide bonds. The molecule has 114 valence electrons. The van der Waals surface area contributed by atoms with E-state index in [4.69, 9.17) is 0 Å². The fourth-order valence-corrected chi connectivity index (χ4v) is 3.87. The quantitative estimate of drug-likeness (QED) is 0.814. The maximum absolute atomic E-state index is 12.9. The van der Waals surface area contributed by atoms with Gasteiger partial charge < -0.3 is 10.2 Å². The Morgan fingerprint density at radius 1 is 1.45 bits per heavy atom. The van der Waals surface area contributed by atoms with Gasteiger partial charge in [0.25, 0.3) is 0 Å². The maximum Gasteiger partial charge on any atom is 0.249 e. The summed E-state index contributed by atoms with van der Waals surface area (Å²) >= 11 is 1.79. The normalized spacial score (nSPS) is 32.2. The third-order valence-electron chi connectivity index (χ3n) is 4.51. The predicted molar refractivity (Wildman–Crippen MR) is 82.6 cm³/mol. The summed E-state index contributed by atoms with van der Waals surface area (Å²) in [6, 6.07) is -0.293. The number of nitrogens with one attached hydrogen (secondary N) is 1. The molecule has 2 rings (SSSR count). The van der Waals surface area contributed by atoms with Gasteiger partial charge in [-0.2, -0.15) is 11.8 Å². The molecule has 0 spiro atoms. The highest BCUT2D eigenvalue weighted by Crippen LogP contribution is 2.42. The van der Waals surface area contributed by atoms with Gasteiger partial charge in [-0.15, -0.1) is 0 Å². The van der Waals surface area contributed by atoms with E-state index in [-0.39, 0.29) is 17.9 Å². The largest absolute Gasteiger partial charge is 0.340 e. The van der Waals surface area contributed by atoms with Crippen molar-refractivity contribution in [2.24, 2.45) is 11.8 Å². The van der Waals surface area contributed by atoms with E-state index >= 15 is 0 Å². The third-order valence-corrected chi connectivity index (χ3v) is 5.41. The van der Waals surface area contributed by atoms with Crippen molar-refractivity contribution in [2.45, 2.75) is 51.6 Å². The Bertz CT molecular complexity index is 397. The monoisotopic (exact) mass is 298 g/mol. The second-order valence-corrected chi connectivity index (χ2v) is 7.32. The Kier molecular flexibility index (Phi) is 4.67. The molecule has 0 aromatic rings.